The number of amides is 8. The van der Waals surface area contributed by atoms with Gasteiger partial charge in [0.2, 0.25) is 47.3 Å². The number of benzene rings is 3. The lowest BCUT2D eigenvalue weighted by atomic mass is 9.93. The second kappa shape index (κ2) is 29.2. The molecule has 2 bridgehead atoms. The number of aromatic hydroxyl groups is 2. The molecule has 23 heteroatoms. The minimum absolute atomic E-state index is 0.0443. The van der Waals surface area contributed by atoms with Crippen LogP contribution in [0.5, 0.6) is 11.5 Å². The number of fused-ring (bicyclic) bond motifs is 2. The Hall–Kier alpha value is -8.08. The number of hydrogen-bond acceptors (Lipinski definition) is 14. The van der Waals surface area contributed by atoms with Crippen LogP contribution in [0.3, 0.4) is 0 Å². The summed E-state index contributed by atoms with van der Waals surface area (Å²) in [6, 6.07) is 8.35. The Morgan fingerprint density at radius 3 is 1.91 bits per heavy atom. The van der Waals surface area contributed by atoms with E-state index in [9.17, 15) is 68.4 Å². The number of phenols is 2. The summed E-state index contributed by atoms with van der Waals surface area (Å²) in [5.74, 6) is -10.7. The summed E-state index contributed by atoms with van der Waals surface area (Å²) in [5.41, 5.74) is 1.58. The third-order valence-corrected chi connectivity index (χ3v) is 14.4. The van der Waals surface area contributed by atoms with E-state index in [0.717, 1.165) is 9.80 Å². The minimum atomic E-state index is -1.85. The first kappa shape index (κ1) is 62.8. The third kappa shape index (κ3) is 17.2. The molecule has 2 saturated heterocycles. The molecule has 2 aliphatic heterocycles. The molecule has 5 rings (SSSR count). The van der Waals surface area contributed by atoms with Gasteiger partial charge < -0.3 is 66.9 Å². The van der Waals surface area contributed by atoms with Crippen LogP contribution in [0.4, 0.5) is 0 Å². The summed E-state index contributed by atoms with van der Waals surface area (Å²) in [7, 11) is 1.38. The summed E-state index contributed by atoms with van der Waals surface area (Å²) < 4.78 is 5.94. The Morgan fingerprint density at radius 2 is 1.32 bits per heavy atom. The van der Waals surface area contributed by atoms with Crippen LogP contribution >= 0.6 is 0 Å². The van der Waals surface area contributed by atoms with Crippen LogP contribution in [0.15, 0.2) is 78.9 Å². The number of cyclic esters (lactones) is 1. The van der Waals surface area contributed by atoms with Gasteiger partial charge in [-0.05, 0) is 85.4 Å². The van der Waals surface area contributed by atoms with E-state index in [-0.39, 0.29) is 50.0 Å². The van der Waals surface area contributed by atoms with Crippen LogP contribution in [0, 0.1) is 11.8 Å². The second-order valence-corrected chi connectivity index (χ2v) is 20.9. The molecular weight excluding hydrogens is 1040 g/mol. The molecule has 3 aromatic carbocycles. The largest absolute Gasteiger partial charge is 0.508 e. The fourth-order valence-corrected chi connectivity index (χ4v) is 9.56. The minimum Gasteiger partial charge on any atom is -0.508 e. The Balaban J connectivity index is 1.53. The SMILES string of the molecule is CCCC(=O)N[C@@H](Cc1ccc(O)cc1)C(=O)N[C@@H](CCC(=O)N[C@@H]1C(=O)N[C@@H](Cc2ccc(O)cc2)C(=O)N[C@H]2CC[C@@H](O)N(C2=O)[C@@H](C(C)C)C(=O)N(C)[C@@H](Cc2ccccc2)C(=O)N[C@@H]([C@@H](C)CC)C(=O)O[C@H]1C)C(=O)O. The maximum Gasteiger partial charge on any atom is 0.329 e. The number of nitrogens with zero attached hydrogens (tertiary/aromatic N) is 2. The predicted molar refractivity (Wildman–Crippen MR) is 289 cm³/mol. The van der Waals surface area contributed by atoms with Crippen molar-refractivity contribution in [3.8, 4) is 11.5 Å². The second-order valence-electron chi connectivity index (χ2n) is 20.9. The maximum absolute atomic E-state index is 14.9. The molecule has 0 aromatic heterocycles. The number of aliphatic hydroxyl groups is 1. The highest BCUT2D eigenvalue weighted by Gasteiger charge is 2.47. The van der Waals surface area contributed by atoms with Crippen molar-refractivity contribution >= 4 is 59.2 Å². The molecular formula is C57H76N8O15. The monoisotopic (exact) mass is 1110 g/mol. The normalized spacial score (nSPS) is 23.6. The molecule has 23 nitrogen and oxygen atoms in total. The van der Waals surface area contributed by atoms with Crippen LogP contribution in [-0.2, 0) is 71.9 Å². The highest BCUT2D eigenvalue weighted by atomic mass is 16.5. The number of carboxylic acids is 1. The number of aliphatic carboxylic acids is 1. The Morgan fingerprint density at radius 1 is 0.713 bits per heavy atom. The summed E-state index contributed by atoms with van der Waals surface area (Å²) >= 11 is 0. The van der Waals surface area contributed by atoms with Gasteiger partial charge in [-0.3, -0.25) is 38.4 Å². The Labute approximate surface area is 464 Å². The molecule has 0 saturated carbocycles. The van der Waals surface area contributed by atoms with Crippen LogP contribution in [-0.4, -0.2) is 157 Å². The predicted octanol–water partition coefficient (Wildman–Crippen LogP) is 1.48. The number of likely N-dealkylation sites (N-methyl/N-ethyl adjacent to an activating group) is 1. The van der Waals surface area contributed by atoms with Gasteiger partial charge in [-0.25, -0.2) is 9.59 Å². The average molecular weight is 1110 g/mol. The molecule has 0 radical (unpaired) electrons. The van der Waals surface area contributed by atoms with Crippen LogP contribution in [0.1, 0.15) is 103 Å². The number of nitrogens with one attached hydrogen (secondary N) is 6. The number of ether oxygens (including phenoxy) is 1. The number of piperidine rings is 1. The zero-order chi connectivity index (χ0) is 59.0. The lowest BCUT2D eigenvalue weighted by Gasteiger charge is -2.44. The van der Waals surface area contributed by atoms with Gasteiger partial charge in [0.25, 0.3) is 0 Å². The lowest BCUT2D eigenvalue weighted by Crippen LogP contribution is -2.66. The van der Waals surface area contributed by atoms with E-state index in [4.69, 9.17) is 4.74 Å². The number of hydrogen-bond donors (Lipinski definition) is 10. The Bertz CT molecular complexity index is 2670. The standard InChI is InChI=1S/C57H76N8O15/c1-8-13-44(68)58-41(28-35-16-20-37(66)21-17-35)50(71)60-40(56(77)78)24-26-45(69)62-48-33(6)80-57(79)47(32(5)9-2)63-52(73)43(30-34-14-11-10-12-15-34)64(7)55(76)49(31(3)4)65-46(70)27-25-39(54(65)75)59-51(72)42(61-53(48)74)29-36-18-22-38(67)23-19-36/h10-12,14-23,31-33,39-43,46-49,66-67,70H,8-9,13,24-30H2,1-7H3,(H,58,68)(H,59,72)(H,60,71)(H,61,74)(H,62,69)(H,63,73)(H,77,78)/t32-,33-,39-,40-,41-,42-,43-,46+,47-,48-,49-/m0/s1. The molecule has 434 valence electrons. The summed E-state index contributed by atoms with van der Waals surface area (Å²) in [5, 5.41) is 57.1. The first-order valence-electron chi connectivity index (χ1n) is 27.0. The zero-order valence-electron chi connectivity index (χ0n) is 46.2. The van der Waals surface area contributed by atoms with E-state index < -0.39 is 145 Å². The van der Waals surface area contributed by atoms with Gasteiger partial charge in [0.1, 0.15) is 72.2 Å². The fraction of sp³-hybridized carbons (Fsp3) is 0.509. The molecule has 0 unspecified atom stereocenters. The van der Waals surface area contributed by atoms with E-state index in [0.29, 0.717) is 29.5 Å². The first-order valence-corrected chi connectivity index (χ1v) is 27.0. The fourth-order valence-electron chi connectivity index (χ4n) is 9.56. The van der Waals surface area contributed by atoms with Crippen molar-refractivity contribution in [3.63, 3.8) is 0 Å². The molecule has 80 heavy (non-hydrogen) atoms. The Kier molecular flexibility index (Phi) is 22.9. The first-order chi connectivity index (χ1) is 37.9. The van der Waals surface area contributed by atoms with Crippen molar-refractivity contribution < 1.29 is 73.1 Å². The van der Waals surface area contributed by atoms with E-state index in [1.54, 1.807) is 65.0 Å². The van der Waals surface area contributed by atoms with Gasteiger partial charge in [-0.1, -0.05) is 95.6 Å². The smallest absolute Gasteiger partial charge is 0.329 e. The van der Waals surface area contributed by atoms with E-state index in [1.165, 1.54) is 62.5 Å². The van der Waals surface area contributed by atoms with Crippen LogP contribution in [0.25, 0.3) is 0 Å². The van der Waals surface area contributed by atoms with Crippen molar-refractivity contribution in [3.05, 3.63) is 95.6 Å². The molecule has 11 atom stereocenters. The molecule has 0 aliphatic carbocycles. The topological polar surface area (TPSA) is 340 Å². The highest BCUT2D eigenvalue weighted by Crippen LogP contribution is 2.27. The van der Waals surface area contributed by atoms with E-state index >= 15 is 0 Å². The van der Waals surface area contributed by atoms with Crippen molar-refractivity contribution in [1.82, 2.24) is 41.7 Å². The molecule has 2 fully saturated rings. The number of carbonyl (C=O) groups is 10. The van der Waals surface area contributed by atoms with Gasteiger partial charge in [0, 0.05) is 39.2 Å². The van der Waals surface area contributed by atoms with Crippen LogP contribution in [0.2, 0.25) is 0 Å². The van der Waals surface area contributed by atoms with Crippen LogP contribution < -0.4 is 31.9 Å². The molecule has 2 heterocycles. The van der Waals surface area contributed by atoms with Crippen molar-refractivity contribution in [2.45, 2.75) is 166 Å². The number of aliphatic hydroxyl groups excluding tert-OH is 1. The van der Waals surface area contributed by atoms with Gasteiger partial charge in [0.05, 0.1) is 0 Å². The van der Waals surface area contributed by atoms with Crippen molar-refractivity contribution in [2.75, 3.05) is 7.05 Å². The van der Waals surface area contributed by atoms with Gasteiger partial charge in [-0.15, -0.1) is 0 Å². The summed E-state index contributed by atoms with van der Waals surface area (Å²) in [6.45, 7) is 9.76. The van der Waals surface area contributed by atoms with Gasteiger partial charge in [0.15, 0.2) is 0 Å². The number of esters is 1. The number of rotatable bonds is 19. The van der Waals surface area contributed by atoms with Gasteiger partial charge >= 0.3 is 11.9 Å². The van der Waals surface area contributed by atoms with E-state index in [2.05, 4.69) is 31.9 Å². The highest BCUT2D eigenvalue weighted by molar-refractivity contribution is 5.98. The summed E-state index contributed by atoms with van der Waals surface area (Å²) in [6.07, 6.45) is -4.09. The number of carboxylic acid groups (broad SMARTS) is 1. The maximum atomic E-state index is 14.9. The van der Waals surface area contributed by atoms with Crippen molar-refractivity contribution in [1.29, 1.82) is 0 Å². The zero-order valence-corrected chi connectivity index (χ0v) is 46.2. The summed E-state index contributed by atoms with van der Waals surface area (Å²) in [4.78, 5) is 143. The molecule has 0 spiro atoms. The molecule has 10 N–H and O–H groups in total. The lowest BCUT2D eigenvalue weighted by molar-refractivity contribution is -0.167. The average Bonchev–Trinajstić information content (AvgIpc) is 3.46. The number of phenolic OH excluding ortho intramolecular Hbond substituents is 2. The molecule has 3 aromatic rings. The van der Waals surface area contributed by atoms with Gasteiger partial charge in [-0.2, -0.15) is 0 Å². The van der Waals surface area contributed by atoms with E-state index in [1.807, 2.05) is 0 Å². The van der Waals surface area contributed by atoms with Crippen molar-refractivity contribution in [2.24, 2.45) is 11.8 Å². The number of carbonyl (C=O) groups excluding carboxylic acids is 9. The quantitative estimate of drug-likeness (QED) is 0.0761. The third-order valence-electron chi connectivity index (χ3n) is 14.4. The molecule has 8 amide bonds. The molecule has 2 aliphatic rings.